The fourth-order valence-electron chi connectivity index (χ4n) is 2.03. The van der Waals surface area contributed by atoms with Crippen molar-refractivity contribution in [2.45, 2.75) is 19.2 Å². The van der Waals surface area contributed by atoms with Crippen LogP contribution in [0.5, 0.6) is 0 Å². The topological polar surface area (TPSA) is 0 Å². The molecular weight excluding hydrogens is 251 g/mol. The molecular formula is C15H14Cl2. The number of hydrogen-bond donors (Lipinski definition) is 0. The lowest BCUT2D eigenvalue weighted by Gasteiger charge is -2.16. The molecule has 0 spiro atoms. The average Bonchev–Trinajstić information content (AvgIpc) is 2.29. The van der Waals surface area contributed by atoms with Gasteiger partial charge in [0.25, 0.3) is 0 Å². The summed E-state index contributed by atoms with van der Waals surface area (Å²) in [5, 5.41) is 0.618. The zero-order chi connectivity index (χ0) is 12.4. The van der Waals surface area contributed by atoms with E-state index in [1.807, 2.05) is 24.3 Å². The Balaban J connectivity index is 2.43. The summed E-state index contributed by atoms with van der Waals surface area (Å²) in [6, 6.07) is 13.9. The molecule has 0 aliphatic heterocycles. The van der Waals surface area contributed by atoms with Crippen LogP contribution in [0, 0.1) is 13.8 Å². The van der Waals surface area contributed by atoms with Crippen LogP contribution in [0.4, 0.5) is 0 Å². The molecule has 0 nitrogen and oxygen atoms in total. The highest BCUT2D eigenvalue weighted by Crippen LogP contribution is 2.33. The van der Waals surface area contributed by atoms with Gasteiger partial charge in [-0.05, 0) is 48.2 Å². The Labute approximate surface area is 112 Å². The fourth-order valence-corrected chi connectivity index (χ4v) is 2.64. The van der Waals surface area contributed by atoms with Gasteiger partial charge in [0.2, 0.25) is 0 Å². The molecule has 0 amide bonds. The first-order valence-corrected chi connectivity index (χ1v) is 6.36. The summed E-state index contributed by atoms with van der Waals surface area (Å²) < 4.78 is 0. The van der Waals surface area contributed by atoms with E-state index in [9.17, 15) is 0 Å². The van der Waals surface area contributed by atoms with Crippen LogP contribution in [0.15, 0.2) is 42.5 Å². The molecule has 0 fully saturated rings. The Morgan fingerprint density at radius 3 is 1.94 bits per heavy atom. The van der Waals surface area contributed by atoms with Crippen LogP contribution in [-0.4, -0.2) is 0 Å². The van der Waals surface area contributed by atoms with Crippen LogP contribution in [0.1, 0.15) is 27.6 Å². The minimum Gasteiger partial charge on any atom is -0.113 e. The van der Waals surface area contributed by atoms with Gasteiger partial charge in [-0.2, -0.15) is 0 Å². The Morgan fingerprint density at radius 1 is 0.882 bits per heavy atom. The minimum absolute atomic E-state index is 0.117. The van der Waals surface area contributed by atoms with Gasteiger partial charge >= 0.3 is 0 Å². The third-order valence-corrected chi connectivity index (χ3v) is 3.68. The molecule has 1 atom stereocenters. The Morgan fingerprint density at radius 2 is 1.41 bits per heavy atom. The fraction of sp³-hybridized carbons (Fsp3) is 0.200. The number of benzene rings is 2. The van der Waals surface area contributed by atoms with Gasteiger partial charge in [0, 0.05) is 5.02 Å². The Bertz CT molecular complexity index is 495. The minimum atomic E-state index is -0.117. The van der Waals surface area contributed by atoms with Crippen molar-refractivity contribution in [1.82, 2.24) is 0 Å². The van der Waals surface area contributed by atoms with Crippen LogP contribution in [0.2, 0.25) is 5.02 Å². The van der Waals surface area contributed by atoms with Crippen molar-refractivity contribution >= 4 is 23.2 Å². The third kappa shape index (κ3) is 2.65. The maximum absolute atomic E-state index is 6.55. The van der Waals surface area contributed by atoms with E-state index in [0.717, 1.165) is 10.6 Å². The van der Waals surface area contributed by atoms with Gasteiger partial charge < -0.3 is 0 Å². The molecule has 1 unspecified atom stereocenters. The Kier molecular flexibility index (Phi) is 3.76. The first-order valence-electron chi connectivity index (χ1n) is 5.55. The molecule has 0 aliphatic rings. The molecule has 0 bridgehead atoms. The number of alkyl halides is 1. The van der Waals surface area contributed by atoms with E-state index in [2.05, 4.69) is 32.0 Å². The van der Waals surface area contributed by atoms with Crippen molar-refractivity contribution in [2.24, 2.45) is 0 Å². The van der Waals surface area contributed by atoms with Crippen LogP contribution in [-0.2, 0) is 0 Å². The van der Waals surface area contributed by atoms with Gasteiger partial charge in [0.05, 0.1) is 5.38 Å². The monoisotopic (exact) mass is 264 g/mol. The molecule has 88 valence electrons. The molecule has 2 aromatic rings. The van der Waals surface area contributed by atoms with E-state index >= 15 is 0 Å². The van der Waals surface area contributed by atoms with E-state index in [0.29, 0.717) is 0 Å². The highest BCUT2D eigenvalue weighted by atomic mass is 35.5. The van der Waals surface area contributed by atoms with Gasteiger partial charge in [0.1, 0.15) is 0 Å². The normalized spacial score (nSPS) is 12.5. The van der Waals surface area contributed by atoms with Crippen molar-refractivity contribution in [3.05, 3.63) is 69.7 Å². The van der Waals surface area contributed by atoms with Crippen molar-refractivity contribution in [3.63, 3.8) is 0 Å². The number of hydrogen-bond acceptors (Lipinski definition) is 0. The SMILES string of the molecule is Cc1cccc(C)c1C(Cl)c1ccc(Cl)cc1. The third-order valence-electron chi connectivity index (χ3n) is 2.96. The highest BCUT2D eigenvalue weighted by molar-refractivity contribution is 6.30. The highest BCUT2D eigenvalue weighted by Gasteiger charge is 2.15. The van der Waals surface area contributed by atoms with Crippen molar-refractivity contribution in [3.8, 4) is 0 Å². The average molecular weight is 265 g/mol. The van der Waals surface area contributed by atoms with Crippen LogP contribution in [0.3, 0.4) is 0 Å². The lowest BCUT2D eigenvalue weighted by Crippen LogP contribution is -1.99. The van der Waals surface area contributed by atoms with Gasteiger partial charge in [-0.25, -0.2) is 0 Å². The van der Waals surface area contributed by atoms with Gasteiger partial charge in [-0.1, -0.05) is 41.9 Å². The van der Waals surface area contributed by atoms with E-state index < -0.39 is 0 Å². The molecule has 0 saturated carbocycles. The molecule has 2 heteroatoms. The lowest BCUT2D eigenvalue weighted by atomic mass is 9.96. The van der Waals surface area contributed by atoms with E-state index in [1.54, 1.807) is 0 Å². The second-order valence-corrected chi connectivity index (χ2v) is 5.09. The number of rotatable bonds is 2. The molecule has 2 rings (SSSR count). The number of aryl methyl sites for hydroxylation is 2. The zero-order valence-electron chi connectivity index (χ0n) is 9.87. The summed E-state index contributed by atoms with van der Waals surface area (Å²) >= 11 is 12.4. The van der Waals surface area contributed by atoms with Crippen LogP contribution in [0.25, 0.3) is 0 Å². The first-order chi connectivity index (χ1) is 8.09. The molecule has 0 N–H and O–H groups in total. The Hall–Kier alpha value is -0.980. The standard InChI is InChI=1S/C15H14Cl2/c1-10-4-3-5-11(2)14(10)15(17)12-6-8-13(16)9-7-12/h3-9,15H,1-2H3. The predicted octanol–water partition coefficient (Wildman–Crippen LogP) is 5.29. The van der Waals surface area contributed by atoms with Crippen molar-refractivity contribution < 1.29 is 0 Å². The van der Waals surface area contributed by atoms with Crippen LogP contribution < -0.4 is 0 Å². The summed E-state index contributed by atoms with van der Waals surface area (Å²) in [6.45, 7) is 4.18. The van der Waals surface area contributed by atoms with E-state index in [1.165, 1.54) is 16.7 Å². The second kappa shape index (κ2) is 5.12. The molecule has 17 heavy (non-hydrogen) atoms. The largest absolute Gasteiger partial charge is 0.113 e. The smallest absolute Gasteiger partial charge is 0.0840 e. The van der Waals surface area contributed by atoms with Crippen molar-refractivity contribution in [1.29, 1.82) is 0 Å². The van der Waals surface area contributed by atoms with E-state index in [4.69, 9.17) is 23.2 Å². The van der Waals surface area contributed by atoms with E-state index in [-0.39, 0.29) is 5.38 Å². The summed E-state index contributed by atoms with van der Waals surface area (Å²) in [4.78, 5) is 0. The molecule has 0 aromatic heterocycles. The summed E-state index contributed by atoms with van der Waals surface area (Å²) in [5.41, 5.74) is 4.71. The van der Waals surface area contributed by atoms with Crippen molar-refractivity contribution in [2.75, 3.05) is 0 Å². The summed E-state index contributed by atoms with van der Waals surface area (Å²) in [5.74, 6) is 0. The maximum atomic E-state index is 6.55. The number of halogens is 2. The molecule has 0 heterocycles. The predicted molar refractivity (Wildman–Crippen MR) is 75.1 cm³/mol. The first kappa shape index (κ1) is 12.5. The summed E-state index contributed by atoms with van der Waals surface area (Å²) in [7, 11) is 0. The second-order valence-electron chi connectivity index (χ2n) is 4.22. The van der Waals surface area contributed by atoms with Gasteiger partial charge in [-0.3, -0.25) is 0 Å². The molecule has 0 radical (unpaired) electrons. The van der Waals surface area contributed by atoms with Gasteiger partial charge in [-0.15, -0.1) is 11.6 Å². The van der Waals surface area contributed by atoms with Crippen LogP contribution >= 0.6 is 23.2 Å². The quantitative estimate of drug-likeness (QED) is 0.647. The molecule has 0 saturated heterocycles. The molecule has 2 aromatic carbocycles. The summed E-state index contributed by atoms with van der Waals surface area (Å²) in [6.07, 6.45) is 0. The lowest BCUT2D eigenvalue weighted by molar-refractivity contribution is 1.08. The van der Waals surface area contributed by atoms with Gasteiger partial charge in [0.15, 0.2) is 0 Å². The maximum Gasteiger partial charge on any atom is 0.0840 e. The zero-order valence-corrected chi connectivity index (χ0v) is 11.4. The molecule has 0 aliphatic carbocycles.